The maximum Gasteiger partial charge on any atom is 0.164 e. The van der Waals surface area contributed by atoms with Crippen molar-refractivity contribution in [3.05, 3.63) is 17.7 Å². The summed E-state index contributed by atoms with van der Waals surface area (Å²) in [6, 6.07) is 3.79. The van der Waals surface area contributed by atoms with Crippen LogP contribution in [0.2, 0.25) is 0 Å². The van der Waals surface area contributed by atoms with Gasteiger partial charge in [0, 0.05) is 11.6 Å². The van der Waals surface area contributed by atoms with Crippen LogP contribution < -0.4 is 25.5 Å². The summed E-state index contributed by atoms with van der Waals surface area (Å²) in [5.41, 5.74) is 3.89. The molecule has 0 saturated heterocycles. The van der Waals surface area contributed by atoms with Crippen LogP contribution in [0.15, 0.2) is 12.1 Å². The second-order valence-electron chi connectivity index (χ2n) is 5.09. The molecule has 5 nitrogen and oxygen atoms in total. The standard InChI is InChI=1S/C16H28N2O3/c1-6-11(7-2)8-13(18-17)12-9-15(20-4)16(21-5)10-14(12)19-3/h9-11,13,18H,6-8,17H2,1-5H3. The molecule has 0 fully saturated rings. The molecule has 21 heavy (non-hydrogen) atoms. The molecule has 0 aromatic heterocycles. The molecule has 0 heterocycles. The molecule has 1 rings (SSSR count). The first kappa shape index (κ1) is 17.6. The van der Waals surface area contributed by atoms with Crippen molar-refractivity contribution >= 4 is 0 Å². The Balaban J connectivity index is 3.17. The third kappa shape index (κ3) is 4.25. The molecular formula is C16H28N2O3. The fraction of sp³-hybridized carbons (Fsp3) is 0.625. The third-order valence-corrected chi connectivity index (χ3v) is 4.04. The molecule has 1 aromatic carbocycles. The van der Waals surface area contributed by atoms with Crippen LogP contribution in [0.5, 0.6) is 17.2 Å². The molecule has 0 amide bonds. The Labute approximate surface area is 127 Å². The number of methoxy groups -OCH3 is 3. The molecular weight excluding hydrogens is 268 g/mol. The van der Waals surface area contributed by atoms with Gasteiger partial charge in [0.25, 0.3) is 0 Å². The van der Waals surface area contributed by atoms with E-state index in [9.17, 15) is 0 Å². The number of benzene rings is 1. The van der Waals surface area contributed by atoms with Crippen molar-refractivity contribution in [2.24, 2.45) is 11.8 Å². The second kappa shape index (κ2) is 8.74. The van der Waals surface area contributed by atoms with E-state index in [2.05, 4.69) is 19.3 Å². The average Bonchev–Trinajstić information content (AvgIpc) is 2.54. The zero-order chi connectivity index (χ0) is 15.8. The lowest BCUT2D eigenvalue weighted by molar-refractivity contribution is 0.335. The Morgan fingerprint density at radius 3 is 1.90 bits per heavy atom. The Morgan fingerprint density at radius 1 is 0.952 bits per heavy atom. The van der Waals surface area contributed by atoms with Crippen LogP contribution in [0.3, 0.4) is 0 Å². The maximum atomic E-state index is 5.77. The third-order valence-electron chi connectivity index (χ3n) is 4.04. The summed E-state index contributed by atoms with van der Waals surface area (Å²) < 4.78 is 16.2. The highest BCUT2D eigenvalue weighted by molar-refractivity contribution is 5.51. The molecule has 3 N–H and O–H groups in total. The van der Waals surface area contributed by atoms with Crippen molar-refractivity contribution in [1.82, 2.24) is 5.43 Å². The van der Waals surface area contributed by atoms with Crippen molar-refractivity contribution in [2.75, 3.05) is 21.3 Å². The summed E-state index contributed by atoms with van der Waals surface area (Å²) in [6.07, 6.45) is 3.21. The zero-order valence-corrected chi connectivity index (χ0v) is 13.7. The van der Waals surface area contributed by atoms with Gasteiger partial charge in [-0.2, -0.15) is 0 Å². The van der Waals surface area contributed by atoms with Gasteiger partial charge in [-0.05, 0) is 18.4 Å². The van der Waals surface area contributed by atoms with Gasteiger partial charge >= 0.3 is 0 Å². The van der Waals surface area contributed by atoms with Crippen LogP contribution in [0, 0.1) is 5.92 Å². The summed E-state index contributed by atoms with van der Waals surface area (Å²) in [5.74, 6) is 8.46. The molecule has 0 radical (unpaired) electrons. The second-order valence-corrected chi connectivity index (χ2v) is 5.09. The summed E-state index contributed by atoms with van der Waals surface area (Å²) in [5, 5.41) is 0. The lowest BCUT2D eigenvalue weighted by atomic mass is 9.91. The number of rotatable bonds is 9. The van der Waals surface area contributed by atoms with E-state index in [0.717, 1.165) is 30.6 Å². The number of nitrogens with two attached hydrogens (primary N) is 1. The van der Waals surface area contributed by atoms with Gasteiger partial charge in [0.2, 0.25) is 0 Å². The number of hydrogen-bond donors (Lipinski definition) is 2. The summed E-state index contributed by atoms with van der Waals surface area (Å²) >= 11 is 0. The minimum Gasteiger partial charge on any atom is -0.496 e. The van der Waals surface area contributed by atoms with Gasteiger partial charge in [-0.3, -0.25) is 11.3 Å². The maximum absolute atomic E-state index is 5.77. The van der Waals surface area contributed by atoms with Gasteiger partial charge in [-0.25, -0.2) is 0 Å². The minimum absolute atomic E-state index is 0.0182. The topological polar surface area (TPSA) is 65.7 Å². The van der Waals surface area contributed by atoms with Gasteiger partial charge in [0.05, 0.1) is 27.4 Å². The first-order chi connectivity index (χ1) is 10.1. The van der Waals surface area contributed by atoms with E-state index >= 15 is 0 Å². The number of hydrazine groups is 1. The van der Waals surface area contributed by atoms with Crippen LogP contribution in [0.25, 0.3) is 0 Å². The van der Waals surface area contributed by atoms with E-state index in [4.69, 9.17) is 20.1 Å². The first-order valence-electron chi connectivity index (χ1n) is 7.41. The molecule has 0 aliphatic carbocycles. The molecule has 1 atom stereocenters. The average molecular weight is 296 g/mol. The Kier molecular flexibility index (Phi) is 7.32. The van der Waals surface area contributed by atoms with E-state index in [0.29, 0.717) is 17.4 Å². The fourth-order valence-electron chi connectivity index (χ4n) is 2.57. The van der Waals surface area contributed by atoms with Crippen molar-refractivity contribution in [2.45, 2.75) is 39.2 Å². The molecule has 5 heteroatoms. The fourth-order valence-corrected chi connectivity index (χ4v) is 2.57. The van der Waals surface area contributed by atoms with Crippen molar-refractivity contribution < 1.29 is 14.2 Å². The normalized spacial score (nSPS) is 12.3. The van der Waals surface area contributed by atoms with Gasteiger partial charge in [0.1, 0.15) is 5.75 Å². The summed E-state index contributed by atoms with van der Waals surface area (Å²) in [4.78, 5) is 0. The number of ether oxygens (including phenoxy) is 3. The van der Waals surface area contributed by atoms with E-state index < -0.39 is 0 Å². The molecule has 0 spiro atoms. The molecule has 1 unspecified atom stereocenters. The van der Waals surface area contributed by atoms with Gasteiger partial charge in [-0.15, -0.1) is 0 Å². The van der Waals surface area contributed by atoms with Crippen LogP contribution >= 0.6 is 0 Å². The largest absolute Gasteiger partial charge is 0.496 e. The molecule has 1 aromatic rings. The van der Waals surface area contributed by atoms with Gasteiger partial charge in [0.15, 0.2) is 11.5 Å². The summed E-state index contributed by atoms with van der Waals surface area (Å²) in [7, 11) is 4.88. The van der Waals surface area contributed by atoms with E-state index in [1.807, 2.05) is 12.1 Å². The van der Waals surface area contributed by atoms with Crippen LogP contribution in [0.1, 0.15) is 44.7 Å². The monoisotopic (exact) mass is 296 g/mol. The SMILES string of the molecule is CCC(CC)CC(NN)c1cc(OC)c(OC)cc1OC. The first-order valence-corrected chi connectivity index (χ1v) is 7.41. The smallest absolute Gasteiger partial charge is 0.164 e. The van der Waals surface area contributed by atoms with Crippen LogP contribution in [-0.4, -0.2) is 21.3 Å². The molecule has 120 valence electrons. The zero-order valence-electron chi connectivity index (χ0n) is 13.7. The van der Waals surface area contributed by atoms with Crippen LogP contribution in [-0.2, 0) is 0 Å². The highest BCUT2D eigenvalue weighted by Crippen LogP contribution is 2.39. The predicted molar refractivity (Wildman–Crippen MR) is 84.9 cm³/mol. The summed E-state index contributed by atoms with van der Waals surface area (Å²) in [6.45, 7) is 4.40. The van der Waals surface area contributed by atoms with E-state index in [-0.39, 0.29) is 6.04 Å². The quantitative estimate of drug-likeness (QED) is 0.541. The van der Waals surface area contributed by atoms with Crippen LogP contribution in [0.4, 0.5) is 0 Å². The van der Waals surface area contributed by atoms with Crippen molar-refractivity contribution in [1.29, 1.82) is 0 Å². The lowest BCUT2D eigenvalue weighted by Gasteiger charge is -2.24. The molecule has 0 bridgehead atoms. The molecule has 0 aliphatic rings. The highest BCUT2D eigenvalue weighted by atomic mass is 16.5. The molecule has 0 saturated carbocycles. The Bertz CT molecular complexity index is 434. The van der Waals surface area contributed by atoms with E-state index in [1.165, 1.54) is 0 Å². The number of nitrogens with one attached hydrogen (secondary N) is 1. The minimum atomic E-state index is 0.0182. The van der Waals surface area contributed by atoms with Gasteiger partial charge in [-0.1, -0.05) is 26.7 Å². The highest BCUT2D eigenvalue weighted by Gasteiger charge is 2.21. The van der Waals surface area contributed by atoms with Crippen molar-refractivity contribution in [3.63, 3.8) is 0 Å². The predicted octanol–water partition coefficient (Wildman–Crippen LogP) is 3.04. The Morgan fingerprint density at radius 2 is 1.48 bits per heavy atom. The Hall–Kier alpha value is -1.46. The number of hydrogen-bond acceptors (Lipinski definition) is 5. The lowest BCUT2D eigenvalue weighted by Crippen LogP contribution is -2.30. The van der Waals surface area contributed by atoms with Gasteiger partial charge < -0.3 is 14.2 Å². The molecule has 0 aliphatic heterocycles. The van der Waals surface area contributed by atoms with E-state index in [1.54, 1.807) is 21.3 Å². The van der Waals surface area contributed by atoms with Crippen molar-refractivity contribution in [3.8, 4) is 17.2 Å².